The highest BCUT2D eigenvalue weighted by molar-refractivity contribution is 5.89. The Labute approximate surface area is 200 Å². The Kier molecular flexibility index (Phi) is 6.65. The summed E-state index contributed by atoms with van der Waals surface area (Å²) in [7, 11) is 0. The minimum Gasteiger partial charge on any atom is -0.462 e. The van der Waals surface area contributed by atoms with Crippen molar-refractivity contribution in [2.24, 2.45) is 0 Å². The molecule has 0 unspecified atom stereocenters. The number of aromatic nitrogens is 6. The van der Waals surface area contributed by atoms with Gasteiger partial charge in [-0.1, -0.05) is 19.3 Å². The fourth-order valence-corrected chi connectivity index (χ4v) is 4.60. The summed E-state index contributed by atoms with van der Waals surface area (Å²) in [5.74, 6) is 0.173. The third-order valence-corrected chi connectivity index (χ3v) is 6.45. The molecule has 1 saturated heterocycles. The molecule has 0 radical (unpaired) electrons. The summed E-state index contributed by atoms with van der Waals surface area (Å²) >= 11 is 0. The molecule has 2 fully saturated rings. The number of hydrogen-bond donors (Lipinski definition) is 4. The molecule has 1 saturated carbocycles. The minimum atomic E-state index is -1.29. The van der Waals surface area contributed by atoms with E-state index in [9.17, 15) is 20.1 Å². The van der Waals surface area contributed by atoms with Gasteiger partial charge < -0.3 is 30.1 Å². The molecular formula is C22H29N7O6. The van der Waals surface area contributed by atoms with E-state index >= 15 is 0 Å². The van der Waals surface area contributed by atoms with Crippen molar-refractivity contribution in [3.8, 4) is 5.95 Å². The monoisotopic (exact) mass is 487 g/mol. The number of carbonyl (C=O) groups is 1. The highest BCUT2D eigenvalue weighted by Crippen LogP contribution is 2.33. The summed E-state index contributed by atoms with van der Waals surface area (Å²) in [6.07, 6.45) is 5.28. The molecule has 13 nitrogen and oxygen atoms in total. The van der Waals surface area contributed by atoms with Crippen LogP contribution < -0.4 is 5.32 Å². The molecule has 3 aromatic heterocycles. The molecule has 188 valence electrons. The van der Waals surface area contributed by atoms with Gasteiger partial charge in [0.1, 0.15) is 18.3 Å². The molecule has 13 heteroatoms. The quantitative estimate of drug-likeness (QED) is 0.343. The van der Waals surface area contributed by atoms with Crippen LogP contribution in [0.4, 0.5) is 5.82 Å². The number of carbonyl (C=O) groups excluding carboxylic acids is 1. The van der Waals surface area contributed by atoms with Crippen LogP contribution in [0.25, 0.3) is 17.1 Å². The van der Waals surface area contributed by atoms with Crippen LogP contribution >= 0.6 is 0 Å². The highest BCUT2D eigenvalue weighted by atomic mass is 16.6. The Bertz CT molecular complexity index is 1190. The zero-order chi connectivity index (χ0) is 24.5. The van der Waals surface area contributed by atoms with Crippen molar-refractivity contribution >= 4 is 23.0 Å². The van der Waals surface area contributed by atoms with Gasteiger partial charge in [-0.05, 0) is 19.8 Å². The number of ether oxygens (including phenoxy) is 2. The summed E-state index contributed by atoms with van der Waals surface area (Å²) in [5, 5.41) is 38.0. The largest absolute Gasteiger partial charge is 0.462 e. The average Bonchev–Trinajstić information content (AvgIpc) is 3.58. The van der Waals surface area contributed by atoms with E-state index in [0.717, 1.165) is 25.7 Å². The van der Waals surface area contributed by atoms with Crippen molar-refractivity contribution in [1.82, 2.24) is 29.3 Å². The molecule has 3 aromatic rings. The van der Waals surface area contributed by atoms with E-state index in [2.05, 4.69) is 25.4 Å². The standard InChI is InChI=1S/C22H29N7O6/c1-2-34-21(33)12-8-24-29(9-12)22-26-18(25-13-6-4-3-5-7-13)15-19(27-22)28(11-23-15)20-17(32)16(31)14(10-30)35-20/h8-9,11,13-14,16-17,20,30-32H,2-7,10H2,1H3,(H,25,26,27)/t14-,16-,17-,20-/m1/s1. The summed E-state index contributed by atoms with van der Waals surface area (Å²) in [6, 6.07) is 0.224. The van der Waals surface area contributed by atoms with Gasteiger partial charge in [0, 0.05) is 12.2 Å². The second kappa shape index (κ2) is 9.85. The van der Waals surface area contributed by atoms with E-state index in [4.69, 9.17) is 9.47 Å². The maximum Gasteiger partial charge on any atom is 0.341 e. The van der Waals surface area contributed by atoms with Crippen molar-refractivity contribution < 1.29 is 29.6 Å². The second-order valence-corrected chi connectivity index (χ2v) is 8.80. The molecule has 2 aliphatic rings. The van der Waals surface area contributed by atoms with E-state index in [0.29, 0.717) is 17.0 Å². The molecule has 35 heavy (non-hydrogen) atoms. The number of aliphatic hydroxyl groups excluding tert-OH is 3. The Morgan fingerprint density at radius 1 is 1.23 bits per heavy atom. The van der Waals surface area contributed by atoms with Crippen LogP contribution in [0.1, 0.15) is 55.6 Å². The second-order valence-electron chi connectivity index (χ2n) is 8.80. The molecule has 1 aliphatic heterocycles. The average molecular weight is 488 g/mol. The summed E-state index contributed by atoms with van der Waals surface area (Å²) < 4.78 is 13.6. The van der Waals surface area contributed by atoms with Crippen LogP contribution in [-0.2, 0) is 9.47 Å². The number of fused-ring (bicyclic) bond motifs is 1. The van der Waals surface area contributed by atoms with E-state index in [1.165, 1.54) is 34.4 Å². The summed E-state index contributed by atoms with van der Waals surface area (Å²) in [5.41, 5.74) is 1.07. The van der Waals surface area contributed by atoms with E-state index in [1.807, 2.05) is 0 Å². The van der Waals surface area contributed by atoms with Crippen LogP contribution in [0, 0.1) is 0 Å². The lowest BCUT2D eigenvalue weighted by molar-refractivity contribution is -0.0511. The highest BCUT2D eigenvalue weighted by Gasteiger charge is 2.44. The summed E-state index contributed by atoms with van der Waals surface area (Å²) in [6.45, 7) is 1.52. The predicted octanol–water partition coefficient (Wildman–Crippen LogP) is 0.545. The van der Waals surface area contributed by atoms with Gasteiger partial charge in [0.05, 0.1) is 31.3 Å². The van der Waals surface area contributed by atoms with Gasteiger partial charge in [-0.25, -0.2) is 14.5 Å². The Morgan fingerprint density at radius 2 is 2.03 bits per heavy atom. The van der Waals surface area contributed by atoms with Crippen LogP contribution in [-0.4, -0.2) is 88.2 Å². The first-order chi connectivity index (χ1) is 17.0. The molecule has 4 N–H and O–H groups in total. The first kappa shape index (κ1) is 23.6. The zero-order valence-corrected chi connectivity index (χ0v) is 19.3. The number of aliphatic hydroxyl groups is 3. The van der Waals surface area contributed by atoms with Gasteiger partial charge in [0.25, 0.3) is 5.95 Å². The lowest BCUT2D eigenvalue weighted by Gasteiger charge is -2.23. The number of imidazole rings is 1. The molecule has 0 bridgehead atoms. The fraction of sp³-hybridized carbons (Fsp3) is 0.591. The predicted molar refractivity (Wildman–Crippen MR) is 122 cm³/mol. The van der Waals surface area contributed by atoms with Crippen LogP contribution in [0.3, 0.4) is 0 Å². The lowest BCUT2D eigenvalue weighted by Crippen LogP contribution is -2.33. The number of hydrogen-bond acceptors (Lipinski definition) is 11. The maximum atomic E-state index is 12.1. The van der Waals surface area contributed by atoms with Gasteiger partial charge >= 0.3 is 5.97 Å². The third-order valence-electron chi connectivity index (χ3n) is 6.45. The molecule has 1 aliphatic carbocycles. The molecular weight excluding hydrogens is 458 g/mol. The van der Waals surface area contributed by atoms with Crippen molar-refractivity contribution in [3.05, 3.63) is 24.3 Å². The van der Waals surface area contributed by atoms with E-state index in [-0.39, 0.29) is 24.2 Å². The Hall–Kier alpha value is -3.13. The molecule has 0 aromatic carbocycles. The van der Waals surface area contributed by atoms with Gasteiger partial charge in [-0.15, -0.1) is 0 Å². The maximum absolute atomic E-state index is 12.1. The van der Waals surface area contributed by atoms with Gasteiger partial charge in [0.2, 0.25) is 0 Å². The van der Waals surface area contributed by atoms with Gasteiger partial charge in [-0.3, -0.25) is 4.57 Å². The molecule has 0 spiro atoms. The summed E-state index contributed by atoms with van der Waals surface area (Å²) in [4.78, 5) is 25.8. The molecule has 0 amide bonds. The lowest BCUT2D eigenvalue weighted by atomic mass is 9.95. The van der Waals surface area contributed by atoms with E-state index < -0.39 is 37.1 Å². The molecule has 4 heterocycles. The number of nitrogens with one attached hydrogen (secondary N) is 1. The number of nitrogens with zero attached hydrogens (tertiary/aromatic N) is 6. The van der Waals surface area contributed by atoms with Crippen molar-refractivity contribution in [3.63, 3.8) is 0 Å². The first-order valence-electron chi connectivity index (χ1n) is 11.9. The van der Waals surface area contributed by atoms with Crippen LogP contribution in [0.15, 0.2) is 18.7 Å². The number of rotatable bonds is 7. The van der Waals surface area contributed by atoms with Gasteiger partial charge in [0.15, 0.2) is 23.2 Å². The number of esters is 1. The fourth-order valence-electron chi connectivity index (χ4n) is 4.60. The van der Waals surface area contributed by atoms with Crippen LogP contribution in [0.5, 0.6) is 0 Å². The van der Waals surface area contributed by atoms with Crippen molar-refractivity contribution in [2.45, 2.75) is 69.6 Å². The third kappa shape index (κ3) is 4.47. The number of anilines is 1. The van der Waals surface area contributed by atoms with Crippen molar-refractivity contribution in [2.75, 3.05) is 18.5 Å². The first-order valence-corrected chi connectivity index (χ1v) is 11.9. The molecule has 4 atom stereocenters. The Balaban J connectivity index is 1.57. The smallest absolute Gasteiger partial charge is 0.341 e. The SMILES string of the molecule is CCOC(=O)c1cnn(-c2nc(NC3CCCCC3)c3ncn([C@@H]4O[C@H](CO)[C@@H](O)[C@H]4O)c3n2)c1. The Morgan fingerprint density at radius 3 is 2.74 bits per heavy atom. The van der Waals surface area contributed by atoms with Crippen molar-refractivity contribution in [1.29, 1.82) is 0 Å². The topological polar surface area (TPSA) is 170 Å². The van der Waals surface area contributed by atoms with Crippen LogP contribution in [0.2, 0.25) is 0 Å². The zero-order valence-electron chi connectivity index (χ0n) is 19.3. The van der Waals surface area contributed by atoms with Gasteiger partial charge in [-0.2, -0.15) is 15.1 Å². The normalized spacial score (nSPS) is 25.3. The van der Waals surface area contributed by atoms with E-state index in [1.54, 1.807) is 6.92 Å². The minimum absolute atomic E-state index is 0.180. The molecule has 5 rings (SSSR count).